The predicted octanol–water partition coefficient (Wildman–Crippen LogP) is 0.320. The average molecular weight is 254 g/mol. The number of rotatable bonds is 6. The first kappa shape index (κ1) is 12.2. The van der Waals surface area contributed by atoms with Crippen LogP contribution in [0.25, 0.3) is 11.6 Å². The minimum atomic E-state index is -0.646. The van der Waals surface area contributed by atoms with Gasteiger partial charge in [-0.3, -0.25) is 10.1 Å². The van der Waals surface area contributed by atoms with Gasteiger partial charge in [-0.15, -0.1) is 0 Å². The van der Waals surface area contributed by atoms with Gasteiger partial charge in [-0.05, 0) is 6.07 Å². The van der Waals surface area contributed by atoms with Gasteiger partial charge < -0.3 is 19.4 Å². The highest BCUT2D eigenvalue weighted by molar-refractivity contribution is 5.47. The first-order chi connectivity index (χ1) is 8.70. The van der Waals surface area contributed by atoms with E-state index in [0.29, 0.717) is 19.0 Å². The maximum absolute atomic E-state index is 10.4. The van der Waals surface area contributed by atoms with E-state index in [9.17, 15) is 10.1 Å². The normalized spacial score (nSPS) is 10.7. The lowest BCUT2D eigenvalue weighted by Crippen LogP contribution is -2.17. The number of aliphatic hydroxyl groups is 1. The zero-order valence-corrected chi connectivity index (χ0v) is 9.20. The molecule has 0 atom stereocenters. The van der Waals surface area contributed by atoms with Gasteiger partial charge in [-0.1, -0.05) is 5.16 Å². The van der Waals surface area contributed by atoms with Crippen LogP contribution in [0, 0.1) is 10.1 Å². The van der Waals surface area contributed by atoms with Crippen molar-refractivity contribution in [2.24, 2.45) is 0 Å². The van der Waals surface area contributed by atoms with Crippen LogP contribution in [0.1, 0.15) is 5.89 Å². The Bertz CT molecular complexity index is 535. The maximum Gasteiger partial charge on any atom is 0.433 e. The monoisotopic (exact) mass is 254 g/mol. The molecule has 0 amide bonds. The van der Waals surface area contributed by atoms with Gasteiger partial charge in [-0.25, -0.2) is 0 Å². The van der Waals surface area contributed by atoms with Gasteiger partial charge >= 0.3 is 5.88 Å². The van der Waals surface area contributed by atoms with Gasteiger partial charge in [0.15, 0.2) is 5.76 Å². The average Bonchev–Trinajstić information content (AvgIpc) is 2.97. The Morgan fingerprint density at radius 1 is 1.50 bits per heavy atom. The van der Waals surface area contributed by atoms with Crippen LogP contribution >= 0.6 is 0 Å². The summed E-state index contributed by atoms with van der Waals surface area (Å²) in [7, 11) is 0. The van der Waals surface area contributed by atoms with Gasteiger partial charge in [0, 0.05) is 6.54 Å². The Kier molecular flexibility index (Phi) is 3.65. The van der Waals surface area contributed by atoms with Crippen LogP contribution in [0.2, 0.25) is 0 Å². The Hall–Kier alpha value is -2.26. The Morgan fingerprint density at radius 3 is 3.00 bits per heavy atom. The van der Waals surface area contributed by atoms with E-state index in [1.54, 1.807) is 0 Å². The van der Waals surface area contributed by atoms with Gasteiger partial charge in [0.1, 0.15) is 4.92 Å². The summed E-state index contributed by atoms with van der Waals surface area (Å²) < 4.78 is 9.83. The highest BCUT2D eigenvalue weighted by Gasteiger charge is 2.17. The van der Waals surface area contributed by atoms with Crippen molar-refractivity contribution < 1.29 is 19.0 Å². The quantitative estimate of drug-likeness (QED) is 0.428. The summed E-state index contributed by atoms with van der Waals surface area (Å²) in [6, 6.07) is 2.61. The third-order valence-corrected chi connectivity index (χ3v) is 2.03. The molecule has 0 bridgehead atoms. The lowest BCUT2D eigenvalue weighted by Gasteiger charge is -1.95. The van der Waals surface area contributed by atoms with Gasteiger partial charge in [-0.2, -0.15) is 4.98 Å². The molecule has 0 aliphatic rings. The number of hydrogen-bond donors (Lipinski definition) is 2. The second kappa shape index (κ2) is 5.38. The molecule has 0 saturated heterocycles. The molecule has 0 radical (unpaired) electrons. The predicted molar refractivity (Wildman–Crippen MR) is 57.4 cm³/mol. The fourth-order valence-corrected chi connectivity index (χ4v) is 1.25. The van der Waals surface area contributed by atoms with E-state index < -0.39 is 4.92 Å². The zero-order valence-electron chi connectivity index (χ0n) is 9.20. The molecule has 9 heteroatoms. The van der Waals surface area contributed by atoms with Crippen molar-refractivity contribution in [1.29, 1.82) is 0 Å². The second-order valence-corrected chi connectivity index (χ2v) is 3.31. The molecule has 2 heterocycles. The second-order valence-electron chi connectivity index (χ2n) is 3.31. The van der Waals surface area contributed by atoms with E-state index in [1.807, 2.05) is 0 Å². The number of furan rings is 1. The third kappa shape index (κ3) is 2.70. The molecule has 0 aromatic carbocycles. The molecule has 2 aromatic rings. The molecule has 0 aliphatic heterocycles. The third-order valence-electron chi connectivity index (χ3n) is 2.03. The van der Waals surface area contributed by atoms with Gasteiger partial charge in [0.2, 0.25) is 11.7 Å². The number of nitro groups is 1. The molecule has 2 aromatic heterocycles. The summed E-state index contributed by atoms with van der Waals surface area (Å²) in [6.45, 7) is 0.714. The smallest absolute Gasteiger partial charge is 0.397 e. The standard InChI is InChI=1S/C9H10N4O5/c14-4-3-10-5-7-11-9(12-18-7)6-1-2-8(17-6)13(15)16/h1-2,10,14H,3-5H2. The molecule has 2 N–H and O–H groups in total. The van der Waals surface area contributed by atoms with Crippen molar-refractivity contribution in [2.75, 3.05) is 13.2 Å². The molecule has 2 rings (SSSR count). The number of nitrogens with one attached hydrogen (secondary N) is 1. The largest absolute Gasteiger partial charge is 0.433 e. The minimum absolute atomic E-state index is 0.00533. The molecule has 18 heavy (non-hydrogen) atoms. The molecule has 9 nitrogen and oxygen atoms in total. The fourth-order valence-electron chi connectivity index (χ4n) is 1.25. The fraction of sp³-hybridized carbons (Fsp3) is 0.333. The summed E-state index contributed by atoms with van der Waals surface area (Å²) in [5, 5.41) is 25.5. The SMILES string of the molecule is O=[N+]([O-])c1ccc(-c2noc(CNCCO)n2)o1. The highest BCUT2D eigenvalue weighted by Crippen LogP contribution is 2.23. The molecule has 0 saturated carbocycles. The minimum Gasteiger partial charge on any atom is -0.397 e. The van der Waals surface area contributed by atoms with Crippen molar-refractivity contribution in [3.8, 4) is 11.6 Å². The van der Waals surface area contributed by atoms with Gasteiger partial charge in [0.05, 0.1) is 19.2 Å². The first-order valence-electron chi connectivity index (χ1n) is 5.09. The number of hydrogen-bond acceptors (Lipinski definition) is 8. The number of nitrogens with zero attached hydrogens (tertiary/aromatic N) is 3. The van der Waals surface area contributed by atoms with Crippen molar-refractivity contribution in [1.82, 2.24) is 15.5 Å². The molecule has 96 valence electrons. The first-order valence-corrected chi connectivity index (χ1v) is 5.09. The zero-order chi connectivity index (χ0) is 13.0. The Labute approximate surface area is 101 Å². The van der Waals surface area contributed by atoms with Crippen LogP contribution in [-0.4, -0.2) is 33.3 Å². The maximum atomic E-state index is 10.4. The Balaban J connectivity index is 2.06. The molecule has 0 fully saturated rings. The van der Waals surface area contributed by atoms with Crippen LogP contribution in [0.15, 0.2) is 21.1 Å². The summed E-state index contributed by atoms with van der Waals surface area (Å²) in [5.74, 6) is 0.231. The lowest BCUT2D eigenvalue weighted by molar-refractivity contribution is -0.401. The summed E-state index contributed by atoms with van der Waals surface area (Å²) >= 11 is 0. The summed E-state index contributed by atoms with van der Waals surface area (Å²) in [4.78, 5) is 13.8. The Morgan fingerprint density at radius 2 is 2.33 bits per heavy atom. The van der Waals surface area contributed by atoms with Crippen molar-refractivity contribution >= 4 is 5.88 Å². The van der Waals surface area contributed by atoms with Crippen molar-refractivity contribution in [2.45, 2.75) is 6.54 Å². The molecule has 0 unspecified atom stereocenters. The molecular formula is C9H10N4O5. The van der Waals surface area contributed by atoms with Crippen LogP contribution in [-0.2, 0) is 6.54 Å². The van der Waals surface area contributed by atoms with Crippen LogP contribution in [0.5, 0.6) is 0 Å². The number of aliphatic hydroxyl groups excluding tert-OH is 1. The number of aromatic nitrogens is 2. The summed E-state index contributed by atoms with van der Waals surface area (Å²) in [6.07, 6.45) is 0. The van der Waals surface area contributed by atoms with Gasteiger partial charge in [0.25, 0.3) is 0 Å². The van der Waals surface area contributed by atoms with Crippen LogP contribution < -0.4 is 5.32 Å². The van der Waals surface area contributed by atoms with E-state index in [4.69, 9.17) is 14.0 Å². The van der Waals surface area contributed by atoms with E-state index >= 15 is 0 Å². The van der Waals surface area contributed by atoms with E-state index in [-0.39, 0.29) is 24.1 Å². The van der Waals surface area contributed by atoms with Crippen LogP contribution in [0.3, 0.4) is 0 Å². The topological polar surface area (TPSA) is 127 Å². The molecule has 0 aliphatic carbocycles. The summed E-state index contributed by atoms with van der Waals surface area (Å²) in [5.41, 5.74) is 0. The van der Waals surface area contributed by atoms with E-state index in [2.05, 4.69) is 15.5 Å². The van der Waals surface area contributed by atoms with Crippen molar-refractivity contribution in [3.05, 3.63) is 28.1 Å². The molecular weight excluding hydrogens is 244 g/mol. The van der Waals surface area contributed by atoms with E-state index in [0.717, 1.165) is 0 Å². The van der Waals surface area contributed by atoms with Crippen LogP contribution in [0.4, 0.5) is 5.88 Å². The highest BCUT2D eigenvalue weighted by atomic mass is 16.6. The van der Waals surface area contributed by atoms with E-state index in [1.165, 1.54) is 12.1 Å². The van der Waals surface area contributed by atoms with Crippen molar-refractivity contribution in [3.63, 3.8) is 0 Å². The molecule has 0 spiro atoms. The lowest BCUT2D eigenvalue weighted by atomic mass is 10.4.